The first kappa shape index (κ1) is 13.7. The van der Waals surface area contributed by atoms with Gasteiger partial charge in [0.15, 0.2) is 5.58 Å². The predicted octanol–water partition coefficient (Wildman–Crippen LogP) is 4.50. The van der Waals surface area contributed by atoms with Crippen LogP contribution in [-0.4, -0.2) is 5.16 Å². The van der Waals surface area contributed by atoms with E-state index in [2.05, 4.69) is 18.1 Å². The molecule has 0 atom stereocenters. The lowest BCUT2D eigenvalue weighted by atomic mass is 10.1. The van der Waals surface area contributed by atoms with Crippen molar-refractivity contribution in [3.05, 3.63) is 29.5 Å². The molecule has 0 aliphatic carbocycles. The van der Waals surface area contributed by atoms with E-state index in [4.69, 9.17) is 4.52 Å². The molecule has 0 amide bonds. The predicted molar refractivity (Wildman–Crippen MR) is 66.2 cm³/mol. The van der Waals surface area contributed by atoms with E-state index in [-0.39, 0.29) is 0 Å². The summed E-state index contributed by atoms with van der Waals surface area (Å²) in [7, 11) is 0. The lowest BCUT2D eigenvalue weighted by Gasteiger charge is -1.94. The van der Waals surface area contributed by atoms with Gasteiger partial charge >= 0.3 is 0 Å². The Morgan fingerprint density at radius 1 is 0.933 bits per heavy atom. The van der Waals surface area contributed by atoms with Crippen LogP contribution in [0.2, 0.25) is 0 Å². The van der Waals surface area contributed by atoms with E-state index in [0.717, 1.165) is 16.5 Å². The molecule has 0 N–H and O–H groups in total. The number of benzene rings is 1. The van der Waals surface area contributed by atoms with Crippen LogP contribution in [0.5, 0.6) is 0 Å². The van der Waals surface area contributed by atoms with Crippen molar-refractivity contribution >= 4 is 11.0 Å². The second-order valence-corrected chi connectivity index (χ2v) is 2.77. The van der Waals surface area contributed by atoms with E-state index in [1.807, 2.05) is 40.7 Å². The first-order valence-electron chi connectivity index (χ1n) is 5.59. The van der Waals surface area contributed by atoms with Gasteiger partial charge in [-0.3, -0.25) is 0 Å². The van der Waals surface area contributed by atoms with E-state index in [0.29, 0.717) is 0 Å². The molecule has 15 heavy (non-hydrogen) atoms. The van der Waals surface area contributed by atoms with Crippen LogP contribution in [-0.2, 0) is 0 Å². The number of aromatic nitrogens is 1. The zero-order chi connectivity index (χ0) is 11.8. The molecule has 0 aliphatic rings. The maximum atomic E-state index is 5.08. The summed E-state index contributed by atoms with van der Waals surface area (Å²) in [4.78, 5) is 0. The minimum atomic E-state index is 0.907. The molecule has 1 aromatic carbocycles. The van der Waals surface area contributed by atoms with Crippen molar-refractivity contribution in [3.8, 4) is 0 Å². The monoisotopic (exact) mass is 207 g/mol. The van der Waals surface area contributed by atoms with Gasteiger partial charge in [-0.1, -0.05) is 45.0 Å². The maximum Gasteiger partial charge on any atom is 0.169 e. The quantitative estimate of drug-likeness (QED) is 0.635. The van der Waals surface area contributed by atoms with Crippen LogP contribution in [0, 0.1) is 13.8 Å². The van der Waals surface area contributed by atoms with Crippen molar-refractivity contribution in [2.45, 2.75) is 41.5 Å². The molecule has 2 rings (SSSR count). The number of hydrogen-bond donors (Lipinski definition) is 0. The Kier molecular flexibility index (Phi) is 6.43. The van der Waals surface area contributed by atoms with Crippen molar-refractivity contribution in [2.75, 3.05) is 0 Å². The fourth-order valence-corrected chi connectivity index (χ4v) is 1.22. The van der Waals surface area contributed by atoms with Gasteiger partial charge in [-0.05, 0) is 25.0 Å². The van der Waals surface area contributed by atoms with Crippen molar-refractivity contribution in [3.63, 3.8) is 0 Å². The van der Waals surface area contributed by atoms with Gasteiger partial charge in [0, 0.05) is 5.39 Å². The largest absolute Gasteiger partial charge is 0.356 e. The van der Waals surface area contributed by atoms with E-state index in [1.54, 1.807) is 6.20 Å². The minimum absolute atomic E-state index is 0.907. The highest BCUT2D eigenvalue weighted by atomic mass is 16.5. The molecule has 2 heteroatoms. The van der Waals surface area contributed by atoms with Gasteiger partial charge in [-0.25, -0.2) is 0 Å². The molecule has 2 nitrogen and oxygen atoms in total. The zero-order valence-electron chi connectivity index (χ0n) is 10.6. The van der Waals surface area contributed by atoms with Gasteiger partial charge in [0.1, 0.15) is 0 Å². The summed E-state index contributed by atoms with van der Waals surface area (Å²) < 4.78 is 5.08. The Hall–Kier alpha value is -1.31. The molecule has 0 unspecified atom stereocenters. The number of fused-ring (bicyclic) bond motifs is 1. The van der Waals surface area contributed by atoms with Crippen LogP contribution in [0.3, 0.4) is 0 Å². The van der Waals surface area contributed by atoms with Crippen LogP contribution in [0.4, 0.5) is 0 Å². The molecule has 0 saturated carbocycles. The van der Waals surface area contributed by atoms with Crippen molar-refractivity contribution in [1.82, 2.24) is 5.16 Å². The van der Waals surface area contributed by atoms with Crippen LogP contribution >= 0.6 is 0 Å². The van der Waals surface area contributed by atoms with Gasteiger partial charge in [0.05, 0.1) is 6.20 Å². The third-order valence-electron chi connectivity index (χ3n) is 1.94. The lowest BCUT2D eigenvalue weighted by molar-refractivity contribution is 0.455. The van der Waals surface area contributed by atoms with Gasteiger partial charge in [-0.15, -0.1) is 0 Å². The molecular weight excluding hydrogens is 186 g/mol. The molecule has 0 radical (unpaired) electrons. The highest BCUT2D eigenvalue weighted by Crippen LogP contribution is 2.20. The van der Waals surface area contributed by atoms with E-state index >= 15 is 0 Å². The van der Waals surface area contributed by atoms with E-state index in [9.17, 15) is 0 Å². The highest BCUT2D eigenvalue weighted by Gasteiger charge is 2.03. The SMILES string of the molecule is CC.CC.Cc1ccc(C)c2oncc12. The second kappa shape index (κ2) is 7.04. The topological polar surface area (TPSA) is 26.0 Å². The zero-order valence-corrected chi connectivity index (χ0v) is 10.6. The summed E-state index contributed by atoms with van der Waals surface area (Å²) in [6.07, 6.45) is 1.76. The van der Waals surface area contributed by atoms with Crippen LogP contribution < -0.4 is 0 Å². The summed E-state index contributed by atoms with van der Waals surface area (Å²) in [5.74, 6) is 0. The third-order valence-corrected chi connectivity index (χ3v) is 1.94. The lowest BCUT2D eigenvalue weighted by Crippen LogP contribution is -1.76. The summed E-state index contributed by atoms with van der Waals surface area (Å²) >= 11 is 0. The van der Waals surface area contributed by atoms with Gasteiger partial charge in [0.2, 0.25) is 0 Å². The molecule has 0 fully saturated rings. The van der Waals surface area contributed by atoms with Crippen molar-refractivity contribution < 1.29 is 4.52 Å². The average Bonchev–Trinajstić information content (AvgIpc) is 2.79. The van der Waals surface area contributed by atoms with Gasteiger partial charge in [0.25, 0.3) is 0 Å². The number of hydrogen-bond acceptors (Lipinski definition) is 2. The molecular formula is C13H21NO. The Balaban J connectivity index is 0.000000442. The Morgan fingerprint density at radius 3 is 2.00 bits per heavy atom. The normalized spacial score (nSPS) is 8.67. The molecule has 0 spiro atoms. The maximum absolute atomic E-state index is 5.08. The number of aryl methyl sites for hydroxylation is 2. The number of rotatable bonds is 0. The van der Waals surface area contributed by atoms with Crippen LogP contribution in [0.25, 0.3) is 11.0 Å². The summed E-state index contributed by atoms with van der Waals surface area (Å²) in [5.41, 5.74) is 3.26. The van der Waals surface area contributed by atoms with Gasteiger partial charge < -0.3 is 4.52 Å². The van der Waals surface area contributed by atoms with Crippen molar-refractivity contribution in [2.24, 2.45) is 0 Å². The molecule has 0 bridgehead atoms. The molecule has 1 heterocycles. The molecule has 84 valence electrons. The summed E-state index contributed by atoms with van der Waals surface area (Å²) in [5, 5.41) is 4.86. The van der Waals surface area contributed by atoms with Crippen LogP contribution in [0.15, 0.2) is 22.9 Å². The minimum Gasteiger partial charge on any atom is -0.356 e. The smallest absolute Gasteiger partial charge is 0.169 e. The summed E-state index contributed by atoms with van der Waals surface area (Å²) in [6.45, 7) is 12.1. The van der Waals surface area contributed by atoms with Gasteiger partial charge in [-0.2, -0.15) is 0 Å². The first-order chi connectivity index (χ1) is 7.29. The standard InChI is InChI=1S/C9H9NO.2C2H6/c1-6-3-4-7(2)9-8(6)5-10-11-9;2*1-2/h3-5H,1-2H3;2*1-2H3. The summed E-state index contributed by atoms with van der Waals surface area (Å²) in [6, 6.07) is 4.12. The second-order valence-electron chi connectivity index (χ2n) is 2.77. The molecule has 0 saturated heterocycles. The Labute approximate surface area is 92.3 Å². The Bertz CT molecular complexity index is 354. The number of nitrogens with zero attached hydrogens (tertiary/aromatic N) is 1. The average molecular weight is 207 g/mol. The Morgan fingerprint density at radius 2 is 1.47 bits per heavy atom. The van der Waals surface area contributed by atoms with E-state index in [1.165, 1.54) is 5.56 Å². The fraction of sp³-hybridized carbons (Fsp3) is 0.462. The van der Waals surface area contributed by atoms with Crippen molar-refractivity contribution in [1.29, 1.82) is 0 Å². The molecule has 2 aromatic rings. The third kappa shape index (κ3) is 3.08. The van der Waals surface area contributed by atoms with E-state index < -0.39 is 0 Å². The van der Waals surface area contributed by atoms with Crippen LogP contribution in [0.1, 0.15) is 38.8 Å². The molecule has 0 aliphatic heterocycles. The first-order valence-corrected chi connectivity index (χ1v) is 5.59. The highest BCUT2D eigenvalue weighted by molar-refractivity contribution is 5.82. The fourth-order valence-electron chi connectivity index (χ4n) is 1.22. The molecule has 1 aromatic heterocycles.